The number of hydrogen-bond acceptors (Lipinski definition) is 5. The van der Waals surface area contributed by atoms with Crippen LogP contribution < -0.4 is 5.32 Å². The van der Waals surface area contributed by atoms with Gasteiger partial charge in [0.05, 0.1) is 17.6 Å². The SMILES string of the molecule is COC(=O)c1cc(C(=O)NCc2cc(F)ccc2F)cc([N+](=O)[O-])c1. The highest BCUT2D eigenvalue weighted by molar-refractivity contribution is 5.98. The molecule has 1 N–H and O–H groups in total. The molecule has 0 heterocycles. The van der Waals surface area contributed by atoms with Crippen LogP contribution in [0.2, 0.25) is 0 Å². The highest BCUT2D eigenvalue weighted by Crippen LogP contribution is 2.18. The van der Waals surface area contributed by atoms with Crippen molar-refractivity contribution in [3.8, 4) is 0 Å². The Hall–Kier alpha value is -3.36. The van der Waals surface area contributed by atoms with Gasteiger partial charge in [0, 0.05) is 29.8 Å². The molecular formula is C16H12F2N2O5. The van der Waals surface area contributed by atoms with Gasteiger partial charge in [0.1, 0.15) is 11.6 Å². The van der Waals surface area contributed by atoms with Gasteiger partial charge in [-0.2, -0.15) is 0 Å². The zero-order chi connectivity index (χ0) is 18.6. The number of rotatable bonds is 5. The van der Waals surface area contributed by atoms with E-state index >= 15 is 0 Å². The maximum atomic E-state index is 13.5. The summed E-state index contributed by atoms with van der Waals surface area (Å²) in [6.07, 6.45) is 0. The molecule has 0 aliphatic heterocycles. The van der Waals surface area contributed by atoms with Gasteiger partial charge in [0.25, 0.3) is 11.6 Å². The van der Waals surface area contributed by atoms with E-state index in [0.29, 0.717) is 0 Å². The zero-order valence-electron chi connectivity index (χ0n) is 12.9. The highest BCUT2D eigenvalue weighted by Gasteiger charge is 2.18. The minimum absolute atomic E-state index is 0.0908. The van der Waals surface area contributed by atoms with Gasteiger partial charge in [-0.1, -0.05) is 0 Å². The van der Waals surface area contributed by atoms with Gasteiger partial charge in [-0.25, -0.2) is 13.6 Å². The van der Waals surface area contributed by atoms with Gasteiger partial charge < -0.3 is 10.1 Å². The quantitative estimate of drug-likeness (QED) is 0.508. The molecule has 0 fully saturated rings. The average molecular weight is 350 g/mol. The summed E-state index contributed by atoms with van der Waals surface area (Å²) < 4.78 is 31.1. The first-order valence-corrected chi connectivity index (χ1v) is 6.91. The summed E-state index contributed by atoms with van der Waals surface area (Å²) in [6, 6.07) is 5.81. The fourth-order valence-electron chi connectivity index (χ4n) is 2.04. The first-order chi connectivity index (χ1) is 11.8. The van der Waals surface area contributed by atoms with Crippen molar-refractivity contribution in [1.29, 1.82) is 0 Å². The lowest BCUT2D eigenvalue weighted by Crippen LogP contribution is -2.24. The minimum Gasteiger partial charge on any atom is -0.465 e. The Morgan fingerprint density at radius 2 is 1.84 bits per heavy atom. The van der Waals surface area contributed by atoms with Gasteiger partial charge in [-0.05, 0) is 24.3 Å². The van der Waals surface area contributed by atoms with Gasteiger partial charge in [-0.3, -0.25) is 14.9 Å². The number of carbonyl (C=O) groups excluding carboxylic acids is 2. The monoisotopic (exact) mass is 350 g/mol. The van der Waals surface area contributed by atoms with Crippen molar-refractivity contribution in [3.63, 3.8) is 0 Å². The molecule has 2 aromatic carbocycles. The second-order valence-corrected chi connectivity index (χ2v) is 4.94. The van der Waals surface area contributed by atoms with Crippen LogP contribution in [0.3, 0.4) is 0 Å². The number of non-ortho nitro benzene ring substituents is 1. The van der Waals surface area contributed by atoms with Gasteiger partial charge >= 0.3 is 5.97 Å². The Labute approximate surface area is 140 Å². The van der Waals surface area contributed by atoms with E-state index in [2.05, 4.69) is 10.1 Å². The summed E-state index contributed by atoms with van der Waals surface area (Å²) in [5.41, 5.74) is -0.942. The van der Waals surface area contributed by atoms with Gasteiger partial charge in [0.15, 0.2) is 0 Å². The minimum atomic E-state index is -0.853. The number of nitro groups is 1. The van der Waals surface area contributed by atoms with Crippen LogP contribution in [0.4, 0.5) is 14.5 Å². The van der Waals surface area contributed by atoms with Crippen molar-refractivity contribution < 1.29 is 28.0 Å². The lowest BCUT2D eigenvalue weighted by molar-refractivity contribution is -0.384. The first kappa shape index (κ1) is 18.0. The predicted octanol–water partition coefficient (Wildman–Crippen LogP) is 2.59. The summed E-state index contributed by atoms with van der Waals surface area (Å²) in [5.74, 6) is -3.03. The van der Waals surface area contributed by atoms with Crippen molar-refractivity contribution in [3.05, 3.63) is 74.8 Å². The number of ether oxygens (including phenoxy) is 1. The molecular weight excluding hydrogens is 338 g/mol. The number of esters is 1. The van der Waals surface area contributed by atoms with Crippen molar-refractivity contribution in [1.82, 2.24) is 5.32 Å². The van der Waals surface area contributed by atoms with E-state index in [1.54, 1.807) is 0 Å². The molecule has 0 spiro atoms. The van der Waals surface area contributed by atoms with E-state index in [9.17, 15) is 28.5 Å². The number of carbonyl (C=O) groups is 2. The molecule has 0 saturated heterocycles. The number of benzene rings is 2. The number of nitrogens with one attached hydrogen (secondary N) is 1. The summed E-state index contributed by atoms with van der Waals surface area (Å²) in [7, 11) is 1.09. The lowest BCUT2D eigenvalue weighted by Gasteiger charge is -2.08. The van der Waals surface area contributed by atoms with E-state index in [1.807, 2.05) is 0 Å². The third kappa shape index (κ3) is 4.34. The molecule has 0 radical (unpaired) electrons. The van der Waals surface area contributed by atoms with Crippen molar-refractivity contribution in [2.24, 2.45) is 0 Å². The first-order valence-electron chi connectivity index (χ1n) is 6.91. The summed E-state index contributed by atoms with van der Waals surface area (Å²) >= 11 is 0. The second-order valence-electron chi connectivity index (χ2n) is 4.94. The Balaban J connectivity index is 2.26. The molecule has 0 aliphatic carbocycles. The molecule has 0 atom stereocenters. The predicted molar refractivity (Wildman–Crippen MR) is 82.0 cm³/mol. The topological polar surface area (TPSA) is 98.5 Å². The summed E-state index contributed by atoms with van der Waals surface area (Å²) in [5, 5.41) is 13.2. The fraction of sp³-hybridized carbons (Fsp3) is 0.125. The number of nitrogens with zero attached hydrogens (tertiary/aromatic N) is 1. The highest BCUT2D eigenvalue weighted by atomic mass is 19.1. The Bertz CT molecular complexity index is 854. The standard InChI is InChI=1S/C16H12F2N2O5/c1-25-16(22)10-4-9(6-13(7-10)20(23)24)15(21)19-8-11-5-12(17)2-3-14(11)18/h2-7H,8H2,1H3,(H,19,21). The van der Waals surface area contributed by atoms with E-state index in [0.717, 1.165) is 43.5 Å². The maximum absolute atomic E-state index is 13.5. The van der Waals surface area contributed by atoms with E-state index in [-0.39, 0.29) is 23.2 Å². The molecule has 0 bridgehead atoms. The van der Waals surface area contributed by atoms with Crippen LogP contribution in [0, 0.1) is 21.7 Å². The average Bonchev–Trinajstić information content (AvgIpc) is 2.60. The second kappa shape index (κ2) is 7.47. The van der Waals surface area contributed by atoms with E-state index in [1.165, 1.54) is 0 Å². The molecule has 130 valence electrons. The smallest absolute Gasteiger partial charge is 0.338 e. The zero-order valence-corrected chi connectivity index (χ0v) is 12.9. The van der Waals surface area contributed by atoms with Crippen LogP contribution in [-0.2, 0) is 11.3 Å². The fourth-order valence-corrected chi connectivity index (χ4v) is 2.04. The largest absolute Gasteiger partial charge is 0.465 e. The summed E-state index contributed by atoms with van der Waals surface area (Å²) in [6.45, 7) is -0.335. The molecule has 9 heteroatoms. The molecule has 2 rings (SSSR count). The molecule has 7 nitrogen and oxygen atoms in total. The van der Waals surface area contributed by atoms with Crippen LogP contribution in [-0.4, -0.2) is 23.9 Å². The van der Waals surface area contributed by atoms with Crippen molar-refractivity contribution in [2.75, 3.05) is 7.11 Å². The van der Waals surface area contributed by atoms with E-state index in [4.69, 9.17) is 0 Å². The molecule has 0 saturated carbocycles. The van der Waals surface area contributed by atoms with Crippen LogP contribution in [0.25, 0.3) is 0 Å². The molecule has 1 amide bonds. The summed E-state index contributed by atoms with van der Waals surface area (Å²) in [4.78, 5) is 33.9. The number of halogens is 2. The van der Waals surface area contributed by atoms with Crippen LogP contribution >= 0.6 is 0 Å². The third-order valence-corrected chi connectivity index (χ3v) is 3.26. The van der Waals surface area contributed by atoms with Crippen LogP contribution in [0.15, 0.2) is 36.4 Å². The maximum Gasteiger partial charge on any atom is 0.338 e. The van der Waals surface area contributed by atoms with Crippen LogP contribution in [0.1, 0.15) is 26.3 Å². The lowest BCUT2D eigenvalue weighted by atomic mass is 10.1. The number of nitro benzene ring substituents is 1. The number of amides is 1. The Morgan fingerprint density at radius 3 is 2.48 bits per heavy atom. The Kier molecular flexibility index (Phi) is 5.38. The van der Waals surface area contributed by atoms with Crippen molar-refractivity contribution in [2.45, 2.75) is 6.54 Å². The molecule has 0 aromatic heterocycles. The molecule has 0 aliphatic rings. The van der Waals surface area contributed by atoms with Crippen molar-refractivity contribution >= 4 is 17.6 Å². The molecule has 0 unspecified atom stereocenters. The number of methoxy groups -OCH3 is 1. The third-order valence-electron chi connectivity index (χ3n) is 3.26. The Morgan fingerprint density at radius 1 is 1.16 bits per heavy atom. The van der Waals surface area contributed by atoms with Crippen LogP contribution in [0.5, 0.6) is 0 Å². The van der Waals surface area contributed by atoms with Gasteiger partial charge in [0.2, 0.25) is 0 Å². The molecule has 2 aromatic rings. The van der Waals surface area contributed by atoms with E-state index < -0.39 is 34.1 Å². The number of hydrogen-bond donors (Lipinski definition) is 1. The molecule has 25 heavy (non-hydrogen) atoms. The normalized spacial score (nSPS) is 10.2. The van der Waals surface area contributed by atoms with Gasteiger partial charge in [-0.15, -0.1) is 0 Å².